The van der Waals surface area contributed by atoms with Crippen LogP contribution in [-0.4, -0.2) is 36.6 Å². The maximum absolute atomic E-state index is 13.6. The number of pyridine rings is 1. The van der Waals surface area contributed by atoms with Gasteiger partial charge in [0.25, 0.3) is 0 Å². The molecule has 271 valence electrons. The summed E-state index contributed by atoms with van der Waals surface area (Å²) in [5, 5.41) is 13.9. The number of carbonyl (C=O) groups excluding carboxylic acids is 1. The van der Waals surface area contributed by atoms with Crippen LogP contribution in [0.2, 0.25) is 0 Å². The van der Waals surface area contributed by atoms with E-state index in [4.69, 9.17) is 4.98 Å². The van der Waals surface area contributed by atoms with Crippen molar-refractivity contribution < 1.29 is 43.2 Å². The molecule has 8 heteroatoms. The second-order valence-corrected chi connectivity index (χ2v) is 17.8. The molecule has 0 aliphatic carbocycles. The molecule has 1 radical (unpaired) electrons. The maximum Gasteiger partial charge on any atom is 0 e. The first-order valence-electron chi connectivity index (χ1n) is 16.9. The van der Waals surface area contributed by atoms with Crippen LogP contribution >= 0.6 is 0 Å². The Morgan fingerprint density at radius 3 is 2.12 bits per heavy atom. The fraction of sp³-hybridized carbons (Fsp3) is 0.429. The Morgan fingerprint density at radius 1 is 0.900 bits per heavy atom. The molecular weight excluding hydrogens is 879 g/mol. The van der Waals surface area contributed by atoms with Crippen LogP contribution in [0, 0.1) is 30.2 Å². The third-order valence-electron chi connectivity index (χ3n) is 8.71. The second kappa shape index (κ2) is 16.3. The Balaban J connectivity index is 0.000000414. The Kier molecular flexibility index (Phi) is 13.6. The van der Waals surface area contributed by atoms with Gasteiger partial charge in [0.15, 0.2) is 5.78 Å². The number of rotatable bonds is 8. The van der Waals surface area contributed by atoms with Gasteiger partial charge in [-0.25, -0.2) is 0 Å². The summed E-state index contributed by atoms with van der Waals surface area (Å²) in [4.78, 5) is 16.0. The second-order valence-electron chi connectivity index (χ2n) is 15.6. The number of halogens is 3. The minimum absolute atomic E-state index is 0. The average molecular weight is 928 g/mol. The van der Waals surface area contributed by atoms with Crippen molar-refractivity contribution in [1.29, 1.82) is 0 Å². The Hall–Kier alpha value is -2.76. The van der Waals surface area contributed by atoms with Crippen LogP contribution in [0.5, 0.6) is 0 Å². The minimum Gasteiger partial charge on any atom is 0 e. The van der Waals surface area contributed by atoms with E-state index >= 15 is 0 Å². The molecule has 0 bridgehead atoms. The first kappa shape index (κ1) is 41.7. The molecule has 0 saturated heterocycles. The molecule has 2 aromatic heterocycles. The first-order valence-corrected chi connectivity index (χ1v) is 18.7. The zero-order valence-electron chi connectivity index (χ0n) is 30.7. The number of benzene rings is 3. The molecule has 3 aromatic carbocycles. The molecule has 0 spiro atoms. The number of aliphatic hydroxyl groups excluding tert-OH is 1. The van der Waals surface area contributed by atoms with E-state index in [9.17, 15) is 23.1 Å². The van der Waals surface area contributed by atoms with Crippen molar-refractivity contribution in [3.63, 3.8) is 0 Å². The molecule has 0 aliphatic rings. The van der Waals surface area contributed by atoms with Gasteiger partial charge in [0.05, 0.1) is 5.76 Å². The molecule has 1 N–H and O–H groups in total. The van der Waals surface area contributed by atoms with E-state index in [-0.39, 0.29) is 58.0 Å². The smallest absolute Gasteiger partial charge is 0 e. The van der Waals surface area contributed by atoms with E-state index in [0.717, 1.165) is 38.5 Å². The summed E-state index contributed by atoms with van der Waals surface area (Å²) in [6.07, 6.45) is 0.0298. The summed E-state index contributed by atoms with van der Waals surface area (Å²) < 4.78 is 43.1. The van der Waals surface area contributed by atoms with Gasteiger partial charge in [-0.3, -0.25) is 4.79 Å². The molecule has 0 unspecified atom stereocenters. The summed E-state index contributed by atoms with van der Waals surface area (Å²) >= 11 is -0.0574. The molecule has 0 saturated carbocycles. The zero-order valence-corrected chi connectivity index (χ0v) is 34.8. The van der Waals surface area contributed by atoms with E-state index in [1.165, 1.54) is 39.4 Å². The molecule has 3 nitrogen and oxygen atoms in total. The van der Waals surface area contributed by atoms with Gasteiger partial charge in [0.2, 0.25) is 0 Å². The topological polar surface area (TPSA) is 50.2 Å². The van der Waals surface area contributed by atoms with Crippen LogP contribution in [0.25, 0.3) is 41.3 Å². The average Bonchev–Trinajstić information content (AvgIpc) is 3.36. The number of alkyl halides is 3. The van der Waals surface area contributed by atoms with Crippen molar-refractivity contribution in [3.8, 4) is 11.3 Å². The number of aryl methyl sites for hydroxylation is 1. The van der Waals surface area contributed by atoms with Crippen LogP contribution in [0.3, 0.4) is 0 Å². The molecule has 50 heavy (non-hydrogen) atoms. The van der Waals surface area contributed by atoms with E-state index < -0.39 is 11.6 Å². The third kappa shape index (κ3) is 9.76. The van der Waals surface area contributed by atoms with E-state index in [2.05, 4.69) is 51.1 Å². The molecular formula is C42H49F3IrNO2Se-. The SMILES string of the molecule is CC(C)CC(=O)/C=C(\O)CC(C)C.Cc1c(CC(C)(C)C(F)(F)F)ccc2c1[se]c1c(-c3[c-]c4ccccc4c(C(C)(C)C)c3)nccc12.[Ir]. The Bertz CT molecular complexity index is 2000. The minimum atomic E-state index is -4.25. The first-order chi connectivity index (χ1) is 22.7. The Morgan fingerprint density at radius 2 is 1.52 bits per heavy atom. The number of ketones is 1. The van der Waals surface area contributed by atoms with Crippen LogP contribution in [0.1, 0.15) is 91.8 Å². The molecule has 0 atom stereocenters. The van der Waals surface area contributed by atoms with E-state index in [1.807, 2.05) is 65.1 Å². The van der Waals surface area contributed by atoms with Crippen molar-refractivity contribution in [2.45, 2.75) is 100 Å². The van der Waals surface area contributed by atoms with Crippen molar-refractivity contribution in [2.24, 2.45) is 17.3 Å². The number of fused-ring (bicyclic) bond motifs is 4. The molecule has 0 aliphatic heterocycles. The summed E-state index contributed by atoms with van der Waals surface area (Å²) in [7, 11) is 0. The number of hydrogen-bond acceptors (Lipinski definition) is 3. The standard InChI is InChI=1S/C31H29F3NSe.C11H20O2.Ir/c1-18-20(17-30(5,6)31(32,33)34)11-12-23-24-13-14-35-26(28(24)36-27(18)23)21-15-19-9-7-8-10-22(19)25(16-21)29(2,3)4;1-8(2)5-10(12)7-11(13)6-9(3)4;/h7-14,16H,17H2,1-6H3;7-9,12H,5-6H2,1-4H3;/q-1;;/b;10-7-;. The maximum atomic E-state index is 13.6. The van der Waals surface area contributed by atoms with Gasteiger partial charge in [-0.05, 0) is 11.8 Å². The van der Waals surface area contributed by atoms with Crippen LogP contribution in [0.4, 0.5) is 13.2 Å². The van der Waals surface area contributed by atoms with Crippen LogP contribution < -0.4 is 0 Å². The predicted octanol–water partition coefficient (Wildman–Crippen LogP) is 11.9. The summed E-state index contributed by atoms with van der Waals surface area (Å²) in [6, 6.07) is 20.1. The summed E-state index contributed by atoms with van der Waals surface area (Å²) in [5.41, 5.74) is 3.07. The van der Waals surface area contributed by atoms with Crippen molar-refractivity contribution in [2.75, 3.05) is 0 Å². The van der Waals surface area contributed by atoms with Gasteiger partial charge in [-0.2, -0.15) is 0 Å². The summed E-state index contributed by atoms with van der Waals surface area (Å²) in [5.74, 6) is 0.979. The Labute approximate surface area is 314 Å². The van der Waals surface area contributed by atoms with E-state index in [0.29, 0.717) is 24.7 Å². The number of hydrogen-bond donors (Lipinski definition) is 1. The number of carbonyl (C=O) groups is 1. The van der Waals surface area contributed by atoms with Crippen LogP contribution in [-0.2, 0) is 36.7 Å². The van der Waals surface area contributed by atoms with Gasteiger partial charge in [0.1, 0.15) is 0 Å². The molecule has 2 heterocycles. The van der Waals surface area contributed by atoms with Crippen molar-refractivity contribution in [1.82, 2.24) is 4.98 Å². The molecule has 0 amide bonds. The van der Waals surface area contributed by atoms with Gasteiger partial charge in [-0.15, -0.1) is 0 Å². The van der Waals surface area contributed by atoms with Crippen molar-refractivity contribution >= 4 is 50.4 Å². The summed E-state index contributed by atoms with van der Waals surface area (Å²) in [6.45, 7) is 19.2. The third-order valence-corrected chi connectivity index (χ3v) is 11.5. The van der Waals surface area contributed by atoms with Gasteiger partial charge >= 0.3 is 216 Å². The van der Waals surface area contributed by atoms with Crippen LogP contribution in [0.15, 0.2) is 66.6 Å². The predicted molar refractivity (Wildman–Crippen MR) is 200 cm³/mol. The van der Waals surface area contributed by atoms with Gasteiger partial charge < -0.3 is 5.11 Å². The number of nitrogens with zero attached hydrogens (tertiary/aromatic N) is 1. The number of allylic oxidation sites excluding steroid dienone is 2. The molecule has 0 fully saturated rings. The fourth-order valence-corrected chi connectivity index (χ4v) is 8.78. The largest absolute Gasteiger partial charge is 0 e. The monoisotopic (exact) mass is 929 g/mol. The number of aliphatic hydroxyl groups is 1. The number of aromatic nitrogens is 1. The molecule has 5 rings (SSSR count). The van der Waals surface area contributed by atoms with Crippen molar-refractivity contribution in [3.05, 3.63) is 89.3 Å². The van der Waals surface area contributed by atoms with Gasteiger partial charge in [0, 0.05) is 39.0 Å². The molecule has 5 aromatic rings. The van der Waals surface area contributed by atoms with Gasteiger partial charge in [-0.1, -0.05) is 27.7 Å². The van der Waals surface area contributed by atoms with E-state index in [1.54, 1.807) is 0 Å². The normalized spacial score (nSPS) is 12.8. The quantitative estimate of drug-likeness (QED) is 0.0730. The fourth-order valence-electron chi connectivity index (χ4n) is 6.00. The zero-order chi connectivity index (χ0) is 36.5.